The molecule has 0 fully saturated rings. The number of hydrogen-bond acceptors (Lipinski definition) is 5. The van der Waals surface area contributed by atoms with Crippen LogP contribution in [0.3, 0.4) is 0 Å². The zero-order valence-corrected chi connectivity index (χ0v) is 20.6. The predicted molar refractivity (Wildman–Crippen MR) is 139 cm³/mol. The molecule has 6 nitrogen and oxygen atoms in total. The Morgan fingerprint density at radius 3 is 2.33 bits per heavy atom. The molecule has 1 amide bonds. The number of aliphatic hydroxyl groups is 1. The maximum atomic E-state index is 13.3. The van der Waals surface area contributed by atoms with Crippen LogP contribution in [0.2, 0.25) is 0 Å². The molecule has 0 spiro atoms. The van der Waals surface area contributed by atoms with E-state index in [9.17, 15) is 14.7 Å². The van der Waals surface area contributed by atoms with Crippen molar-refractivity contribution >= 4 is 17.8 Å². The fraction of sp³-hybridized carbons (Fsp3) is 0.200. The Kier molecular flexibility index (Phi) is 7.54. The van der Waals surface area contributed by atoms with Crippen LogP contribution < -0.4 is 9.47 Å². The van der Waals surface area contributed by atoms with Crippen molar-refractivity contribution in [3.63, 3.8) is 0 Å². The SMILES string of the molecule is COc1ccc(CCN2C(=O)C(O)=C(C(=O)/C=C/c3ccccc3)[C@@H]2c2ccc(C)cc2)cc1OC. The normalized spacial score (nSPS) is 15.6. The second-order valence-corrected chi connectivity index (χ2v) is 8.62. The molecular weight excluding hydrogens is 454 g/mol. The van der Waals surface area contributed by atoms with E-state index in [2.05, 4.69) is 0 Å². The largest absolute Gasteiger partial charge is 0.503 e. The molecule has 1 heterocycles. The highest BCUT2D eigenvalue weighted by molar-refractivity contribution is 6.14. The number of hydrogen-bond donors (Lipinski definition) is 1. The van der Waals surface area contributed by atoms with Crippen molar-refractivity contribution in [3.8, 4) is 11.5 Å². The Morgan fingerprint density at radius 1 is 0.972 bits per heavy atom. The van der Waals surface area contributed by atoms with E-state index in [0.29, 0.717) is 24.5 Å². The van der Waals surface area contributed by atoms with Crippen LogP contribution in [-0.4, -0.2) is 42.5 Å². The van der Waals surface area contributed by atoms with Gasteiger partial charge in [-0.1, -0.05) is 72.3 Å². The number of ketones is 1. The zero-order valence-electron chi connectivity index (χ0n) is 20.6. The molecule has 6 heteroatoms. The fourth-order valence-corrected chi connectivity index (χ4v) is 4.34. The zero-order chi connectivity index (χ0) is 25.7. The van der Waals surface area contributed by atoms with Crippen LogP contribution in [0.15, 0.2) is 90.2 Å². The quantitative estimate of drug-likeness (QED) is 0.422. The van der Waals surface area contributed by atoms with E-state index < -0.39 is 23.5 Å². The number of nitrogens with zero attached hydrogens (tertiary/aromatic N) is 1. The molecule has 0 unspecified atom stereocenters. The minimum Gasteiger partial charge on any atom is -0.503 e. The molecule has 3 aromatic carbocycles. The van der Waals surface area contributed by atoms with Gasteiger partial charge in [0.15, 0.2) is 23.0 Å². The monoisotopic (exact) mass is 483 g/mol. The summed E-state index contributed by atoms with van der Waals surface area (Å²) in [4.78, 5) is 28.0. The highest BCUT2D eigenvalue weighted by Gasteiger charge is 2.42. The van der Waals surface area contributed by atoms with Gasteiger partial charge < -0.3 is 19.5 Å². The van der Waals surface area contributed by atoms with Crippen LogP contribution in [0, 0.1) is 6.92 Å². The summed E-state index contributed by atoms with van der Waals surface area (Å²) in [6.07, 6.45) is 3.60. The van der Waals surface area contributed by atoms with E-state index in [1.54, 1.807) is 25.2 Å². The number of aryl methyl sites for hydroxylation is 1. The lowest BCUT2D eigenvalue weighted by molar-refractivity contribution is -0.129. The summed E-state index contributed by atoms with van der Waals surface area (Å²) in [7, 11) is 3.15. The van der Waals surface area contributed by atoms with Gasteiger partial charge in [-0.2, -0.15) is 0 Å². The van der Waals surface area contributed by atoms with Gasteiger partial charge in [-0.25, -0.2) is 0 Å². The summed E-state index contributed by atoms with van der Waals surface area (Å²) in [5.41, 5.74) is 3.70. The van der Waals surface area contributed by atoms with Crippen LogP contribution in [-0.2, 0) is 16.0 Å². The first-order chi connectivity index (χ1) is 17.4. The molecule has 1 atom stereocenters. The number of allylic oxidation sites excluding steroid dienone is 1. The summed E-state index contributed by atoms with van der Waals surface area (Å²) in [6, 6.07) is 22.0. The van der Waals surface area contributed by atoms with Gasteiger partial charge in [0.1, 0.15) is 0 Å². The first-order valence-corrected chi connectivity index (χ1v) is 11.7. The number of aliphatic hydroxyl groups excluding tert-OH is 1. The van der Waals surface area contributed by atoms with E-state index in [-0.39, 0.29) is 5.57 Å². The third kappa shape index (κ3) is 5.18. The topological polar surface area (TPSA) is 76.1 Å². The number of carbonyl (C=O) groups excluding carboxylic acids is 2. The average molecular weight is 484 g/mol. The van der Waals surface area contributed by atoms with E-state index in [0.717, 1.165) is 22.3 Å². The molecule has 0 bridgehead atoms. The molecule has 3 aromatic rings. The lowest BCUT2D eigenvalue weighted by Gasteiger charge is -2.27. The van der Waals surface area contributed by atoms with Crippen LogP contribution in [0.4, 0.5) is 0 Å². The second-order valence-electron chi connectivity index (χ2n) is 8.62. The standard InChI is InChI=1S/C30H29NO5/c1-20-9-13-23(14-10-20)28-27(24(32)15-11-21-7-5-4-6-8-21)29(33)30(34)31(28)18-17-22-12-16-25(35-2)26(19-22)36-3/h4-16,19,28,33H,17-18H2,1-3H3/b15-11+/t28-/m0/s1. The first-order valence-electron chi connectivity index (χ1n) is 11.7. The van der Waals surface area contributed by atoms with Crippen LogP contribution in [0.5, 0.6) is 11.5 Å². The van der Waals surface area contributed by atoms with E-state index >= 15 is 0 Å². The molecule has 0 radical (unpaired) electrons. The number of rotatable bonds is 9. The Labute approximate surface area is 211 Å². The van der Waals surface area contributed by atoms with Crippen molar-refractivity contribution in [1.82, 2.24) is 4.90 Å². The Bertz CT molecular complexity index is 1310. The second kappa shape index (κ2) is 11.0. The maximum Gasteiger partial charge on any atom is 0.290 e. The third-order valence-electron chi connectivity index (χ3n) is 6.28. The summed E-state index contributed by atoms with van der Waals surface area (Å²) < 4.78 is 10.7. The summed E-state index contributed by atoms with van der Waals surface area (Å²) >= 11 is 0. The first kappa shape index (κ1) is 24.8. The van der Waals surface area contributed by atoms with Gasteiger partial charge in [0.2, 0.25) is 0 Å². The van der Waals surface area contributed by atoms with Gasteiger partial charge in [-0.3, -0.25) is 9.59 Å². The smallest absolute Gasteiger partial charge is 0.290 e. The van der Waals surface area contributed by atoms with E-state index in [1.807, 2.05) is 79.7 Å². The van der Waals surface area contributed by atoms with Crippen molar-refractivity contribution in [2.45, 2.75) is 19.4 Å². The van der Waals surface area contributed by atoms with E-state index in [1.165, 1.54) is 6.08 Å². The van der Waals surface area contributed by atoms with Gasteiger partial charge in [-0.15, -0.1) is 0 Å². The predicted octanol–water partition coefficient (Wildman–Crippen LogP) is 5.23. The molecular formula is C30H29NO5. The Balaban J connectivity index is 1.64. The van der Waals surface area contributed by atoms with Crippen LogP contribution >= 0.6 is 0 Å². The molecule has 36 heavy (non-hydrogen) atoms. The molecule has 1 N–H and O–H groups in total. The number of amides is 1. The van der Waals surface area contributed by atoms with Gasteiger partial charge in [-0.05, 0) is 48.2 Å². The average Bonchev–Trinajstić information content (AvgIpc) is 3.16. The third-order valence-corrected chi connectivity index (χ3v) is 6.28. The Morgan fingerprint density at radius 2 is 1.67 bits per heavy atom. The lowest BCUT2D eigenvalue weighted by Crippen LogP contribution is -2.33. The molecule has 0 saturated heterocycles. The lowest BCUT2D eigenvalue weighted by atomic mass is 9.94. The summed E-state index contributed by atoms with van der Waals surface area (Å²) in [5, 5.41) is 10.8. The van der Waals surface area contributed by atoms with Crippen molar-refractivity contribution in [2.75, 3.05) is 20.8 Å². The van der Waals surface area contributed by atoms with Crippen molar-refractivity contribution in [1.29, 1.82) is 0 Å². The van der Waals surface area contributed by atoms with Gasteiger partial charge in [0, 0.05) is 6.54 Å². The molecule has 1 aliphatic rings. The molecule has 0 aliphatic carbocycles. The summed E-state index contributed by atoms with van der Waals surface area (Å²) in [6.45, 7) is 2.27. The molecule has 1 aliphatic heterocycles. The van der Waals surface area contributed by atoms with Gasteiger partial charge in [0.25, 0.3) is 5.91 Å². The molecule has 4 rings (SSSR count). The molecule has 0 saturated carbocycles. The van der Waals surface area contributed by atoms with Crippen molar-refractivity contribution in [2.24, 2.45) is 0 Å². The maximum absolute atomic E-state index is 13.3. The fourth-order valence-electron chi connectivity index (χ4n) is 4.34. The molecule has 184 valence electrons. The number of benzene rings is 3. The van der Waals surface area contributed by atoms with Crippen LogP contribution in [0.1, 0.15) is 28.3 Å². The highest BCUT2D eigenvalue weighted by atomic mass is 16.5. The van der Waals surface area contributed by atoms with Crippen molar-refractivity contribution < 1.29 is 24.2 Å². The van der Waals surface area contributed by atoms with Gasteiger partial charge in [0.05, 0.1) is 25.8 Å². The minimum absolute atomic E-state index is 0.0864. The molecule has 0 aromatic heterocycles. The van der Waals surface area contributed by atoms with Crippen LogP contribution in [0.25, 0.3) is 6.08 Å². The van der Waals surface area contributed by atoms with Crippen molar-refractivity contribution in [3.05, 3.63) is 112 Å². The highest BCUT2D eigenvalue weighted by Crippen LogP contribution is 2.38. The van der Waals surface area contributed by atoms with Gasteiger partial charge >= 0.3 is 0 Å². The number of carbonyl (C=O) groups is 2. The van der Waals surface area contributed by atoms with E-state index in [4.69, 9.17) is 9.47 Å². The number of ether oxygens (including phenoxy) is 2. The number of methoxy groups -OCH3 is 2. The minimum atomic E-state index is -0.689. The Hall–Kier alpha value is -4.32. The summed E-state index contributed by atoms with van der Waals surface area (Å²) in [5.74, 6) is -0.244.